The fourth-order valence-electron chi connectivity index (χ4n) is 3.38. The van der Waals surface area contributed by atoms with Gasteiger partial charge < -0.3 is 15.8 Å². The summed E-state index contributed by atoms with van der Waals surface area (Å²) in [5.74, 6) is 0.140. The Bertz CT molecular complexity index is 863. The first-order valence-corrected chi connectivity index (χ1v) is 9.73. The van der Waals surface area contributed by atoms with Crippen LogP contribution in [0.15, 0.2) is 18.2 Å². The Hall–Kier alpha value is -2.05. The molecule has 3 N–H and O–H groups in total. The number of halogens is 1. The van der Waals surface area contributed by atoms with E-state index in [9.17, 15) is 9.59 Å². The maximum atomic E-state index is 12.8. The van der Waals surface area contributed by atoms with Crippen LogP contribution in [0, 0.1) is 5.92 Å². The summed E-state index contributed by atoms with van der Waals surface area (Å²) in [5.41, 5.74) is 7.35. The molecule has 1 aromatic heterocycles. The van der Waals surface area contributed by atoms with Crippen molar-refractivity contribution in [2.24, 2.45) is 11.7 Å². The number of methoxy groups -OCH3 is 1. The first kappa shape index (κ1) is 18.7. The molecular formula is C19H21ClN2O3S. The number of amides is 2. The quantitative estimate of drug-likeness (QED) is 0.796. The highest BCUT2D eigenvalue weighted by molar-refractivity contribution is 7.17. The predicted octanol–water partition coefficient (Wildman–Crippen LogP) is 4.28. The minimum atomic E-state index is -0.509. The van der Waals surface area contributed by atoms with Crippen molar-refractivity contribution in [2.45, 2.75) is 32.6 Å². The topological polar surface area (TPSA) is 81.4 Å². The normalized spacial score (nSPS) is 16.0. The van der Waals surface area contributed by atoms with E-state index in [0.29, 0.717) is 32.8 Å². The van der Waals surface area contributed by atoms with E-state index in [1.54, 1.807) is 18.2 Å². The van der Waals surface area contributed by atoms with Crippen LogP contribution in [0.25, 0.3) is 0 Å². The highest BCUT2D eigenvalue weighted by Gasteiger charge is 2.28. The Kier molecular flexibility index (Phi) is 5.53. The van der Waals surface area contributed by atoms with E-state index in [0.717, 1.165) is 36.1 Å². The number of thiophene rings is 1. The molecule has 0 saturated carbocycles. The number of nitrogens with one attached hydrogen (secondary N) is 1. The van der Waals surface area contributed by atoms with Gasteiger partial charge in [0.15, 0.2) is 0 Å². The molecule has 2 aromatic rings. The van der Waals surface area contributed by atoms with Gasteiger partial charge in [0.25, 0.3) is 11.8 Å². The molecule has 0 fully saturated rings. The van der Waals surface area contributed by atoms with E-state index in [4.69, 9.17) is 22.1 Å². The summed E-state index contributed by atoms with van der Waals surface area (Å²) in [7, 11) is 1.49. The van der Waals surface area contributed by atoms with Crippen LogP contribution in [-0.4, -0.2) is 18.9 Å². The molecule has 2 amide bonds. The van der Waals surface area contributed by atoms with Crippen LogP contribution in [0.3, 0.4) is 0 Å². The molecule has 1 atom stereocenters. The average Bonchev–Trinajstić information content (AvgIpc) is 2.98. The first-order valence-electron chi connectivity index (χ1n) is 8.53. The van der Waals surface area contributed by atoms with Crippen LogP contribution in [0.2, 0.25) is 5.02 Å². The standard InChI is InChI=1S/C19H21ClN2O3S/c1-3-10-4-6-12-15(8-10)26-19(16(12)17(21)23)22-18(24)13-9-11(20)5-7-14(13)25-2/h5,7,9-10H,3-4,6,8H2,1-2H3,(H2,21,23)(H,22,24)/t10-/m0/s1. The Balaban J connectivity index is 1.95. The van der Waals surface area contributed by atoms with Crippen LogP contribution >= 0.6 is 22.9 Å². The van der Waals surface area contributed by atoms with Crippen LogP contribution in [0.1, 0.15) is 50.9 Å². The third-order valence-electron chi connectivity index (χ3n) is 4.82. The SMILES string of the molecule is CC[C@H]1CCc2c(sc(NC(=O)c3cc(Cl)ccc3OC)c2C(N)=O)C1. The molecular weight excluding hydrogens is 372 g/mol. The maximum Gasteiger partial charge on any atom is 0.260 e. The van der Waals surface area contributed by atoms with E-state index < -0.39 is 5.91 Å². The fraction of sp³-hybridized carbons (Fsp3) is 0.368. The number of primary amides is 1. The molecule has 0 unspecified atom stereocenters. The van der Waals surface area contributed by atoms with Crippen molar-refractivity contribution in [3.05, 3.63) is 44.8 Å². The van der Waals surface area contributed by atoms with Crippen molar-refractivity contribution in [1.82, 2.24) is 0 Å². The van der Waals surface area contributed by atoms with Crippen molar-refractivity contribution in [3.8, 4) is 5.75 Å². The zero-order valence-electron chi connectivity index (χ0n) is 14.7. The molecule has 1 aromatic carbocycles. The third kappa shape index (κ3) is 3.57. The highest BCUT2D eigenvalue weighted by atomic mass is 35.5. The summed E-state index contributed by atoms with van der Waals surface area (Å²) in [6.45, 7) is 2.17. The smallest absolute Gasteiger partial charge is 0.260 e. The van der Waals surface area contributed by atoms with E-state index in [2.05, 4.69) is 12.2 Å². The molecule has 0 saturated heterocycles. The molecule has 138 valence electrons. The highest BCUT2D eigenvalue weighted by Crippen LogP contribution is 2.40. The summed E-state index contributed by atoms with van der Waals surface area (Å²) in [4.78, 5) is 25.9. The van der Waals surface area contributed by atoms with Crippen LogP contribution in [0.5, 0.6) is 5.75 Å². The number of ether oxygens (including phenoxy) is 1. The molecule has 7 heteroatoms. The largest absolute Gasteiger partial charge is 0.496 e. The van der Waals surface area contributed by atoms with Crippen molar-refractivity contribution in [3.63, 3.8) is 0 Å². The molecule has 26 heavy (non-hydrogen) atoms. The number of anilines is 1. The lowest BCUT2D eigenvalue weighted by Crippen LogP contribution is -2.20. The summed E-state index contributed by atoms with van der Waals surface area (Å²) in [5, 5.41) is 3.78. The van der Waals surface area contributed by atoms with Gasteiger partial charge in [0.05, 0.1) is 18.2 Å². The van der Waals surface area contributed by atoms with Gasteiger partial charge in [-0.15, -0.1) is 11.3 Å². The predicted molar refractivity (Wildman–Crippen MR) is 105 cm³/mol. The second-order valence-corrected chi connectivity index (χ2v) is 7.93. The molecule has 5 nitrogen and oxygen atoms in total. The molecule has 3 rings (SSSR count). The second-order valence-electron chi connectivity index (χ2n) is 6.39. The minimum absolute atomic E-state index is 0.313. The van der Waals surface area contributed by atoms with Crippen LogP contribution in [-0.2, 0) is 12.8 Å². The molecule has 1 aliphatic carbocycles. The number of carbonyl (C=O) groups is 2. The summed E-state index contributed by atoms with van der Waals surface area (Å²) in [6.07, 6.45) is 3.88. The number of nitrogens with two attached hydrogens (primary N) is 1. The van der Waals surface area contributed by atoms with Crippen molar-refractivity contribution < 1.29 is 14.3 Å². The number of hydrogen-bond donors (Lipinski definition) is 2. The van der Waals surface area contributed by atoms with E-state index >= 15 is 0 Å². The average molecular weight is 393 g/mol. The van der Waals surface area contributed by atoms with Gasteiger partial charge in [0.1, 0.15) is 10.8 Å². The van der Waals surface area contributed by atoms with Crippen LogP contribution < -0.4 is 15.8 Å². The monoisotopic (exact) mass is 392 g/mol. The minimum Gasteiger partial charge on any atom is -0.496 e. The fourth-order valence-corrected chi connectivity index (χ4v) is 4.91. The van der Waals surface area contributed by atoms with Crippen molar-refractivity contribution in [2.75, 3.05) is 12.4 Å². The molecule has 0 radical (unpaired) electrons. The first-order chi connectivity index (χ1) is 12.4. The zero-order chi connectivity index (χ0) is 18.8. The van der Waals surface area contributed by atoms with E-state index in [1.807, 2.05) is 0 Å². The third-order valence-corrected chi connectivity index (χ3v) is 6.23. The van der Waals surface area contributed by atoms with Crippen molar-refractivity contribution >= 4 is 39.8 Å². The number of hydrogen-bond acceptors (Lipinski definition) is 4. The van der Waals surface area contributed by atoms with Gasteiger partial charge in [-0.25, -0.2) is 0 Å². The lowest BCUT2D eigenvalue weighted by Gasteiger charge is -2.20. The van der Waals surface area contributed by atoms with E-state index in [-0.39, 0.29) is 5.91 Å². The van der Waals surface area contributed by atoms with Gasteiger partial charge >= 0.3 is 0 Å². The zero-order valence-corrected chi connectivity index (χ0v) is 16.3. The Labute approximate surface area is 161 Å². The summed E-state index contributed by atoms with van der Waals surface area (Å²) < 4.78 is 5.24. The van der Waals surface area contributed by atoms with Crippen molar-refractivity contribution in [1.29, 1.82) is 0 Å². The van der Waals surface area contributed by atoms with Gasteiger partial charge in [0.2, 0.25) is 0 Å². The molecule has 0 bridgehead atoms. The molecule has 0 aliphatic heterocycles. The van der Waals surface area contributed by atoms with Gasteiger partial charge in [-0.2, -0.15) is 0 Å². The van der Waals surface area contributed by atoms with E-state index in [1.165, 1.54) is 18.4 Å². The summed E-state index contributed by atoms with van der Waals surface area (Å²) >= 11 is 7.45. The summed E-state index contributed by atoms with van der Waals surface area (Å²) in [6, 6.07) is 4.83. The lowest BCUT2D eigenvalue weighted by atomic mass is 9.85. The Morgan fingerprint density at radius 1 is 1.42 bits per heavy atom. The second kappa shape index (κ2) is 7.68. The number of carbonyl (C=O) groups excluding carboxylic acids is 2. The maximum absolute atomic E-state index is 12.8. The van der Waals surface area contributed by atoms with Gasteiger partial charge in [-0.05, 0) is 48.9 Å². The van der Waals surface area contributed by atoms with Gasteiger partial charge in [0, 0.05) is 9.90 Å². The van der Waals surface area contributed by atoms with Crippen LogP contribution in [0.4, 0.5) is 5.00 Å². The Morgan fingerprint density at radius 2 is 2.19 bits per heavy atom. The van der Waals surface area contributed by atoms with Gasteiger partial charge in [-0.1, -0.05) is 24.9 Å². The number of fused-ring (bicyclic) bond motifs is 1. The Morgan fingerprint density at radius 3 is 2.85 bits per heavy atom. The number of benzene rings is 1. The molecule has 1 aliphatic rings. The lowest BCUT2D eigenvalue weighted by molar-refractivity contribution is 0.1000. The van der Waals surface area contributed by atoms with Gasteiger partial charge in [-0.3, -0.25) is 9.59 Å². The molecule has 1 heterocycles. The number of rotatable bonds is 5. The molecule has 0 spiro atoms.